The molecule has 14 heavy (non-hydrogen) atoms. The van der Waals surface area contributed by atoms with Crippen molar-refractivity contribution in [2.24, 2.45) is 17.6 Å². The molecule has 2 unspecified atom stereocenters. The van der Waals surface area contributed by atoms with Crippen molar-refractivity contribution < 1.29 is 9.90 Å². The molecule has 1 saturated carbocycles. The summed E-state index contributed by atoms with van der Waals surface area (Å²) in [5.41, 5.74) is 5.66. The summed E-state index contributed by atoms with van der Waals surface area (Å²) in [6.45, 7) is 4.38. The highest BCUT2D eigenvalue weighted by Crippen LogP contribution is 2.36. The molecule has 1 aliphatic rings. The van der Waals surface area contributed by atoms with Gasteiger partial charge in [0.25, 0.3) is 0 Å². The van der Waals surface area contributed by atoms with Crippen molar-refractivity contribution >= 4 is 5.97 Å². The van der Waals surface area contributed by atoms with Crippen molar-refractivity contribution in [1.29, 1.82) is 0 Å². The maximum absolute atomic E-state index is 10.7. The number of carboxylic acid groups (broad SMARTS) is 1. The average Bonchev–Trinajstić information content (AvgIpc) is 2.01. The van der Waals surface area contributed by atoms with Gasteiger partial charge in [-0.3, -0.25) is 4.79 Å². The molecule has 0 spiro atoms. The van der Waals surface area contributed by atoms with Gasteiger partial charge in [0.15, 0.2) is 0 Å². The Hall–Kier alpha value is -0.570. The minimum Gasteiger partial charge on any atom is -0.481 e. The summed E-state index contributed by atoms with van der Waals surface area (Å²) in [5.74, 6) is 0.456. The molecule has 0 aromatic carbocycles. The van der Waals surface area contributed by atoms with Gasteiger partial charge >= 0.3 is 5.97 Å². The van der Waals surface area contributed by atoms with Gasteiger partial charge in [0.05, 0.1) is 6.42 Å². The Morgan fingerprint density at radius 2 is 2.29 bits per heavy atom. The molecular weight excluding hydrogens is 178 g/mol. The van der Waals surface area contributed by atoms with Crippen LogP contribution in [0, 0.1) is 11.8 Å². The minimum atomic E-state index is -0.767. The van der Waals surface area contributed by atoms with Gasteiger partial charge in [0, 0.05) is 5.54 Å². The monoisotopic (exact) mass is 199 g/mol. The molecule has 1 aliphatic carbocycles. The van der Waals surface area contributed by atoms with Crippen molar-refractivity contribution in [2.45, 2.75) is 51.5 Å². The topological polar surface area (TPSA) is 63.3 Å². The third kappa shape index (κ3) is 2.98. The van der Waals surface area contributed by atoms with Gasteiger partial charge < -0.3 is 10.8 Å². The predicted molar refractivity (Wildman–Crippen MR) is 56.0 cm³/mol. The maximum Gasteiger partial charge on any atom is 0.305 e. The lowest BCUT2D eigenvalue weighted by Gasteiger charge is -2.38. The molecule has 3 N–H and O–H groups in total. The molecule has 0 aromatic heterocycles. The lowest BCUT2D eigenvalue weighted by molar-refractivity contribution is -0.138. The summed E-state index contributed by atoms with van der Waals surface area (Å²) < 4.78 is 0. The number of carbonyl (C=O) groups is 1. The highest BCUT2D eigenvalue weighted by atomic mass is 16.4. The van der Waals surface area contributed by atoms with E-state index in [2.05, 4.69) is 13.8 Å². The number of aliphatic carboxylic acids is 1. The van der Waals surface area contributed by atoms with Crippen LogP contribution in [0.25, 0.3) is 0 Å². The van der Waals surface area contributed by atoms with Crippen LogP contribution in [0.15, 0.2) is 0 Å². The van der Waals surface area contributed by atoms with Crippen molar-refractivity contribution in [3.8, 4) is 0 Å². The van der Waals surface area contributed by atoms with Crippen LogP contribution in [0.5, 0.6) is 0 Å². The second-order valence-corrected chi connectivity index (χ2v) is 5.03. The Kier molecular flexibility index (Phi) is 3.53. The minimum absolute atomic E-state index is 0.121. The number of nitrogens with two attached hydrogens (primary N) is 1. The summed E-state index contributed by atoms with van der Waals surface area (Å²) >= 11 is 0. The highest BCUT2D eigenvalue weighted by molar-refractivity contribution is 5.68. The molecule has 82 valence electrons. The molecule has 0 bridgehead atoms. The molecule has 1 rings (SSSR count). The lowest BCUT2D eigenvalue weighted by Crippen LogP contribution is -2.46. The molecule has 3 heteroatoms. The van der Waals surface area contributed by atoms with E-state index in [1.54, 1.807) is 0 Å². The largest absolute Gasteiger partial charge is 0.481 e. The molecule has 0 saturated heterocycles. The molecule has 3 nitrogen and oxygen atoms in total. The van der Waals surface area contributed by atoms with E-state index in [1.807, 2.05) is 0 Å². The van der Waals surface area contributed by atoms with Crippen LogP contribution in [0.4, 0.5) is 0 Å². The fourth-order valence-corrected chi connectivity index (χ4v) is 2.47. The predicted octanol–water partition coefficient (Wildman–Crippen LogP) is 2.00. The van der Waals surface area contributed by atoms with E-state index >= 15 is 0 Å². The Labute approximate surface area is 85.7 Å². The van der Waals surface area contributed by atoms with Crippen LogP contribution in [0.2, 0.25) is 0 Å². The zero-order valence-electron chi connectivity index (χ0n) is 9.12. The van der Waals surface area contributed by atoms with E-state index in [0.29, 0.717) is 11.8 Å². The van der Waals surface area contributed by atoms with Gasteiger partial charge in [-0.15, -0.1) is 0 Å². The first-order valence-corrected chi connectivity index (χ1v) is 5.44. The molecule has 0 aliphatic heterocycles. The Morgan fingerprint density at radius 1 is 1.64 bits per heavy atom. The maximum atomic E-state index is 10.7. The fraction of sp³-hybridized carbons (Fsp3) is 0.909. The van der Waals surface area contributed by atoms with E-state index in [-0.39, 0.29) is 6.42 Å². The van der Waals surface area contributed by atoms with E-state index in [1.165, 1.54) is 6.42 Å². The first kappa shape index (κ1) is 11.5. The zero-order chi connectivity index (χ0) is 10.8. The number of carboxylic acids is 1. The van der Waals surface area contributed by atoms with Crippen molar-refractivity contribution in [1.82, 2.24) is 0 Å². The summed E-state index contributed by atoms with van der Waals surface area (Å²) in [5, 5.41) is 8.78. The van der Waals surface area contributed by atoms with Crippen molar-refractivity contribution in [3.63, 3.8) is 0 Å². The van der Waals surface area contributed by atoms with E-state index in [0.717, 1.165) is 19.3 Å². The first-order chi connectivity index (χ1) is 6.43. The normalized spacial score (nSPS) is 33.3. The Bertz CT molecular complexity index is 215. The van der Waals surface area contributed by atoms with Gasteiger partial charge in [-0.25, -0.2) is 0 Å². The Balaban J connectivity index is 2.57. The average molecular weight is 199 g/mol. The van der Waals surface area contributed by atoms with Crippen LogP contribution in [0.3, 0.4) is 0 Å². The number of hydrogen-bond donors (Lipinski definition) is 2. The number of rotatable bonds is 3. The van der Waals surface area contributed by atoms with Gasteiger partial charge in [-0.1, -0.05) is 26.7 Å². The van der Waals surface area contributed by atoms with E-state index in [9.17, 15) is 4.79 Å². The molecule has 0 amide bonds. The third-order valence-electron chi connectivity index (χ3n) is 3.36. The number of hydrogen-bond acceptors (Lipinski definition) is 2. The summed E-state index contributed by atoms with van der Waals surface area (Å²) in [7, 11) is 0. The summed E-state index contributed by atoms with van der Waals surface area (Å²) in [6.07, 6.45) is 4.14. The third-order valence-corrected chi connectivity index (χ3v) is 3.36. The van der Waals surface area contributed by atoms with E-state index in [4.69, 9.17) is 10.8 Å². The molecule has 0 aromatic rings. The van der Waals surface area contributed by atoms with Crippen LogP contribution in [0.1, 0.15) is 46.0 Å². The summed E-state index contributed by atoms with van der Waals surface area (Å²) in [6, 6.07) is 0. The van der Waals surface area contributed by atoms with Crippen molar-refractivity contribution in [2.75, 3.05) is 0 Å². The molecule has 0 heterocycles. The standard InChI is InChI=1S/C11H21NO2/c1-8(2)9-4-3-5-11(12,6-9)7-10(13)14/h8-9H,3-7,12H2,1-2H3,(H,13,14). The van der Waals surface area contributed by atoms with Gasteiger partial charge in [-0.2, -0.15) is 0 Å². The van der Waals surface area contributed by atoms with Crippen LogP contribution >= 0.6 is 0 Å². The first-order valence-electron chi connectivity index (χ1n) is 5.44. The molecular formula is C11H21NO2. The second-order valence-electron chi connectivity index (χ2n) is 5.03. The SMILES string of the molecule is CC(C)C1CCCC(N)(CC(=O)O)C1. The van der Waals surface area contributed by atoms with E-state index < -0.39 is 11.5 Å². The fourth-order valence-electron chi connectivity index (χ4n) is 2.47. The Morgan fingerprint density at radius 3 is 2.79 bits per heavy atom. The lowest BCUT2D eigenvalue weighted by atomic mass is 9.71. The van der Waals surface area contributed by atoms with Gasteiger partial charge in [0.2, 0.25) is 0 Å². The van der Waals surface area contributed by atoms with Crippen LogP contribution in [-0.2, 0) is 4.79 Å². The van der Waals surface area contributed by atoms with Crippen molar-refractivity contribution in [3.05, 3.63) is 0 Å². The molecule has 0 radical (unpaired) electrons. The van der Waals surface area contributed by atoms with Gasteiger partial charge in [0.1, 0.15) is 0 Å². The highest BCUT2D eigenvalue weighted by Gasteiger charge is 2.35. The second kappa shape index (κ2) is 4.30. The zero-order valence-corrected chi connectivity index (χ0v) is 9.12. The van der Waals surface area contributed by atoms with Gasteiger partial charge in [-0.05, 0) is 24.7 Å². The van der Waals surface area contributed by atoms with Crippen LogP contribution < -0.4 is 5.73 Å². The smallest absolute Gasteiger partial charge is 0.305 e. The summed E-state index contributed by atoms with van der Waals surface area (Å²) in [4.78, 5) is 10.7. The van der Waals surface area contributed by atoms with Crippen LogP contribution in [-0.4, -0.2) is 16.6 Å². The molecule has 1 fully saturated rings. The quantitative estimate of drug-likeness (QED) is 0.730. The molecule has 2 atom stereocenters.